The zero-order valence-corrected chi connectivity index (χ0v) is 20.4. The Morgan fingerprint density at radius 3 is 2.59 bits per heavy atom. The lowest BCUT2D eigenvalue weighted by Crippen LogP contribution is -2.50. The van der Waals surface area contributed by atoms with Gasteiger partial charge >= 0.3 is 6.09 Å². The predicted octanol–water partition coefficient (Wildman–Crippen LogP) is 3.63. The van der Waals surface area contributed by atoms with Gasteiger partial charge in [0.15, 0.2) is 0 Å². The van der Waals surface area contributed by atoms with E-state index in [0.717, 1.165) is 42.5 Å². The zero-order valence-electron chi connectivity index (χ0n) is 20.4. The lowest BCUT2D eigenvalue weighted by Gasteiger charge is -2.35. The first kappa shape index (κ1) is 25.3. The van der Waals surface area contributed by atoms with Crippen LogP contribution in [0.2, 0.25) is 0 Å². The Labute approximate surface area is 201 Å². The summed E-state index contributed by atoms with van der Waals surface area (Å²) in [5.74, 6) is -0.122. The molecular formula is C26H35N5O3. The molecule has 0 spiro atoms. The second-order valence-corrected chi connectivity index (χ2v) is 9.49. The van der Waals surface area contributed by atoms with Gasteiger partial charge in [0.2, 0.25) is 5.91 Å². The van der Waals surface area contributed by atoms with Crippen LogP contribution in [0.15, 0.2) is 36.5 Å². The fourth-order valence-corrected chi connectivity index (χ4v) is 3.98. The second-order valence-electron chi connectivity index (χ2n) is 9.49. The molecule has 8 heteroatoms. The Morgan fingerprint density at radius 2 is 1.88 bits per heavy atom. The number of fused-ring (bicyclic) bond motifs is 1. The number of ether oxygens (including phenoxy) is 1. The largest absolute Gasteiger partial charge is 0.444 e. The number of piperazine rings is 1. The number of hydrogen-bond acceptors (Lipinski definition) is 5. The van der Waals surface area contributed by atoms with Crippen LogP contribution in [0.5, 0.6) is 0 Å². The molecule has 1 aliphatic rings. The summed E-state index contributed by atoms with van der Waals surface area (Å²) in [6.45, 7) is 10.7. The maximum absolute atomic E-state index is 12.3. The number of benzene rings is 1. The molecule has 3 rings (SSSR count). The molecule has 0 aliphatic carbocycles. The number of nitrogens with one attached hydrogen (secondary N) is 1. The van der Waals surface area contributed by atoms with Crippen LogP contribution in [0.25, 0.3) is 17.0 Å². The van der Waals surface area contributed by atoms with E-state index >= 15 is 0 Å². The topological polar surface area (TPSA) is 90.6 Å². The number of nitriles is 1. The van der Waals surface area contributed by atoms with E-state index in [-0.39, 0.29) is 12.0 Å². The molecule has 2 amide bonds. The fourth-order valence-electron chi connectivity index (χ4n) is 3.98. The van der Waals surface area contributed by atoms with Gasteiger partial charge in [-0.3, -0.25) is 9.69 Å². The average Bonchev–Trinajstić information content (AvgIpc) is 3.16. The number of carbonyl (C=O) groups excluding carboxylic acids is 2. The Balaban J connectivity index is 1.40. The average molecular weight is 466 g/mol. The minimum atomic E-state index is -0.477. The van der Waals surface area contributed by atoms with Gasteiger partial charge in [0, 0.05) is 68.0 Å². The molecule has 1 aromatic carbocycles. The maximum Gasteiger partial charge on any atom is 0.410 e. The molecule has 8 nitrogen and oxygen atoms in total. The molecule has 1 saturated heterocycles. The summed E-state index contributed by atoms with van der Waals surface area (Å²) in [4.78, 5) is 28.5. The third-order valence-electron chi connectivity index (χ3n) is 5.67. The quantitative estimate of drug-likeness (QED) is 0.475. The number of hydrogen-bond donors (Lipinski definition) is 1. The van der Waals surface area contributed by atoms with Crippen LogP contribution in [-0.2, 0) is 16.1 Å². The Bertz CT molecular complexity index is 1050. The molecule has 1 aromatic heterocycles. The third kappa shape index (κ3) is 7.35. The van der Waals surface area contributed by atoms with Crippen molar-refractivity contribution in [2.45, 2.75) is 45.8 Å². The first-order valence-corrected chi connectivity index (χ1v) is 11.9. The lowest BCUT2D eigenvalue weighted by molar-refractivity contribution is -0.116. The van der Waals surface area contributed by atoms with Crippen LogP contribution in [-0.4, -0.2) is 71.2 Å². The van der Waals surface area contributed by atoms with Gasteiger partial charge < -0.3 is 19.5 Å². The van der Waals surface area contributed by atoms with Crippen LogP contribution in [0, 0.1) is 11.3 Å². The van der Waals surface area contributed by atoms with Crippen molar-refractivity contribution in [2.24, 2.45) is 0 Å². The lowest BCUT2D eigenvalue weighted by atomic mass is 10.1. The minimum absolute atomic E-state index is 0.122. The van der Waals surface area contributed by atoms with Crippen LogP contribution in [0.1, 0.15) is 39.2 Å². The maximum atomic E-state index is 12.3. The summed E-state index contributed by atoms with van der Waals surface area (Å²) in [7, 11) is 0. The van der Waals surface area contributed by atoms with E-state index in [1.165, 1.54) is 0 Å². The second kappa shape index (κ2) is 11.7. The zero-order chi connectivity index (χ0) is 24.6. The summed E-state index contributed by atoms with van der Waals surface area (Å²) >= 11 is 0. The van der Waals surface area contributed by atoms with Gasteiger partial charge in [0.05, 0.1) is 12.5 Å². The highest BCUT2D eigenvalue weighted by atomic mass is 16.6. The van der Waals surface area contributed by atoms with Gasteiger partial charge in [0.1, 0.15) is 5.60 Å². The van der Waals surface area contributed by atoms with Gasteiger partial charge in [-0.2, -0.15) is 5.26 Å². The van der Waals surface area contributed by atoms with Crippen molar-refractivity contribution in [3.8, 4) is 6.07 Å². The monoisotopic (exact) mass is 465 g/mol. The van der Waals surface area contributed by atoms with Crippen molar-refractivity contribution >= 4 is 29.0 Å². The SMILES string of the molecule is CC(C)(C)OC(=O)N1CCN(CCCNC(=O)/C=C/c2cn(CCC#N)c3ccccc23)CC1. The molecular weight excluding hydrogens is 430 g/mol. The van der Waals surface area contributed by atoms with Crippen molar-refractivity contribution in [3.05, 3.63) is 42.1 Å². The van der Waals surface area contributed by atoms with Crippen LogP contribution in [0.4, 0.5) is 4.79 Å². The summed E-state index contributed by atoms with van der Waals surface area (Å²) in [6, 6.07) is 10.2. The molecule has 34 heavy (non-hydrogen) atoms. The Hall–Kier alpha value is -3.31. The number of carbonyl (C=O) groups is 2. The fraction of sp³-hybridized carbons (Fsp3) is 0.500. The molecule has 0 radical (unpaired) electrons. The molecule has 0 atom stereocenters. The van der Waals surface area contributed by atoms with E-state index in [1.54, 1.807) is 11.0 Å². The highest BCUT2D eigenvalue weighted by molar-refractivity contribution is 5.96. The standard InChI is InChI=1S/C26H35N5O3/c1-26(2,3)34-25(33)30-18-16-29(17-19-30)14-7-13-28-24(32)11-10-21-20-31(15-6-12-27)23-9-5-4-8-22(21)23/h4-5,8-11,20H,6-7,13-19H2,1-3H3,(H,28,32)/b11-10+. The molecule has 2 heterocycles. The van der Waals surface area contributed by atoms with Gasteiger partial charge in [-0.15, -0.1) is 0 Å². The summed E-state index contributed by atoms with van der Waals surface area (Å²) < 4.78 is 7.49. The molecule has 182 valence electrons. The van der Waals surface area contributed by atoms with Crippen LogP contribution >= 0.6 is 0 Å². The molecule has 2 aromatic rings. The van der Waals surface area contributed by atoms with E-state index in [4.69, 9.17) is 10.00 Å². The van der Waals surface area contributed by atoms with E-state index in [0.29, 0.717) is 32.6 Å². The number of aryl methyl sites for hydroxylation is 1. The smallest absolute Gasteiger partial charge is 0.410 e. The van der Waals surface area contributed by atoms with Gasteiger partial charge in [-0.05, 0) is 45.9 Å². The van der Waals surface area contributed by atoms with Gasteiger partial charge in [-0.25, -0.2) is 4.79 Å². The van der Waals surface area contributed by atoms with Gasteiger partial charge in [0.25, 0.3) is 0 Å². The van der Waals surface area contributed by atoms with Gasteiger partial charge in [-0.1, -0.05) is 18.2 Å². The highest BCUT2D eigenvalue weighted by Crippen LogP contribution is 2.22. The number of para-hydroxylation sites is 1. The molecule has 1 N–H and O–H groups in total. The number of rotatable bonds is 8. The van der Waals surface area contributed by atoms with Crippen molar-refractivity contribution in [1.82, 2.24) is 19.7 Å². The van der Waals surface area contributed by atoms with E-state index in [9.17, 15) is 9.59 Å². The molecule has 0 saturated carbocycles. The van der Waals surface area contributed by atoms with E-state index < -0.39 is 5.60 Å². The summed E-state index contributed by atoms with van der Waals surface area (Å²) in [6.07, 6.45) is 6.42. The normalized spacial score (nSPS) is 14.9. The molecule has 1 aliphatic heterocycles. The molecule has 0 bridgehead atoms. The third-order valence-corrected chi connectivity index (χ3v) is 5.67. The summed E-state index contributed by atoms with van der Waals surface area (Å²) in [5, 5.41) is 12.9. The highest BCUT2D eigenvalue weighted by Gasteiger charge is 2.25. The predicted molar refractivity (Wildman–Crippen MR) is 133 cm³/mol. The summed E-state index contributed by atoms with van der Waals surface area (Å²) in [5.41, 5.74) is 1.55. The van der Waals surface area contributed by atoms with E-state index in [2.05, 4.69) is 20.9 Å². The minimum Gasteiger partial charge on any atom is -0.444 e. The first-order chi connectivity index (χ1) is 16.3. The molecule has 0 unspecified atom stereocenters. The Morgan fingerprint density at radius 1 is 1.15 bits per heavy atom. The van der Waals surface area contributed by atoms with Crippen LogP contribution in [0.3, 0.4) is 0 Å². The van der Waals surface area contributed by atoms with Crippen molar-refractivity contribution in [3.63, 3.8) is 0 Å². The van der Waals surface area contributed by atoms with Crippen molar-refractivity contribution < 1.29 is 14.3 Å². The van der Waals surface area contributed by atoms with Crippen molar-refractivity contribution in [2.75, 3.05) is 39.3 Å². The van der Waals surface area contributed by atoms with Crippen LogP contribution < -0.4 is 5.32 Å². The Kier molecular flexibility index (Phi) is 8.72. The van der Waals surface area contributed by atoms with Crippen molar-refractivity contribution in [1.29, 1.82) is 5.26 Å². The first-order valence-electron chi connectivity index (χ1n) is 11.9. The number of amides is 2. The number of aromatic nitrogens is 1. The molecule has 1 fully saturated rings. The van der Waals surface area contributed by atoms with E-state index in [1.807, 2.05) is 57.3 Å². The number of nitrogens with zero attached hydrogens (tertiary/aromatic N) is 4.